The second kappa shape index (κ2) is 6.33. The van der Waals surface area contributed by atoms with E-state index in [1.807, 2.05) is 18.2 Å². The Hall–Kier alpha value is -1.15. The van der Waals surface area contributed by atoms with Gasteiger partial charge in [-0.2, -0.15) is 0 Å². The minimum atomic E-state index is -0.230. The minimum absolute atomic E-state index is 0.230. The number of benzene rings is 1. The molecule has 0 aliphatic heterocycles. The number of carbonyl (C=O) groups excluding carboxylic acids is 1. The smallest absolute Gasteiger partial charge is 0.157 e. The monoisotopic (exact) mass is 259 g/mol. The van der Waals surface area contributed by atoms with Crippen molar-refractivity contribution in [1.29, 1.82) is 0 Å². The van der Waals surface area contributed by atoms with Gasteiger partial charge in [0.2, 0.25) is 0 Å². The van der Waals surface area contributed by atoms with Gasteiger partial charge in [-0.05, 0) is 32.5 Å². The number of likely N-dealkylation sites (N-methyl/N-ethyl adjacent to an activating group) is 1. The predicted molar refractivity (Wildman–Crippen MR) is 79.3 cm³/mol. The van der Waals surface area contributed by atoms with E-state index in [9.17, 15) is 4.79 Å². The number of hydrogen-bond acceptors (Lipinski definition) is 2. The second-order valence-corrected chi connectivity index (χ2v) is 5.93. The van der Waals surface area contributed by atoms with E-state index in [1.54, 1.807) is 0 Å². The first-order valence-electron chi connectivity index (χ1n) is 7.40. The number of nitrogens with zero attached hydrogens (tertiary/aromatic N) is 1. The molecule has 1 aromatic rings. The molecule has 0 unspecified atom stereocenters. The molecule has 1 fully saturated rings. The Labute approximate surface area is 116 Å². The van der Waals surface area contributed by atoms with E-state index in [1.165, 1.54) is 25.7 Å². The van der Waals surface area contributed by atoms with E-state index in [2.05, 4.69) is 31.1 Å². The number of carbonyl (C=O) groups is 1. The summed E-state index contributed by atoms with van der Waals surface area (Å²) < 4.78 is 0. The van der Waals surface area contributed by atoms with E-state index in [-0.39, 0.29) is 5.54 Å². The number of hydrogen-bond donors (Lipinski definition) is 0. The summed E-state index contributed by atoms with van der Waals surface area (Å²) in [5, 5.41) is 0. The van der Waals surface area contributed by atoms with Crippen molar-refractivity contribution in [3.63, 3.8) is 0 Å². The van der Waals surface area contributed by atoms with E-state index >= 15 is 0 Å². The molecule has 1 aromatic carbocycles. The molecule has 1 aliphatic carbocycles. The normalized spacial score (nSPS) is 19.1. The molecule has 0 saturated heterocycles. The van der Waals surface area contributed by atoms with Crippen LogP contribution in [-0.2, 0) is 11.2 Å². The van der Waals surface area contributed by atoms with E-state index < -0.39 is 0 Å². The van der Waals surface area contributed by atoms with Crippen molar-refractivity contribution in [2.24, 2.45) is 0 Å². The summed E-state index contributed by atoms with van der Waals surface area (Å²) >= 11 is 0. The molecule has 0 aromatic heterocycles. The Balaban J connectivity index is 2.16. The zero-order valence-electron chi connectivity index (χ0n) is 12.2. The molecule has 2 rings (SSSR count). The summed E-state index contributed by atoms with van der Waals surface area (Å²) in [7, 11) is 4.13. The van der Waals surface area contributed by atoms with Crippen molar-refractivity contribution >= 4 is 5.78 Å². The fourth-order valence-electron chi connectivity index (χ4n) is 3.23. The van der Waals surface area contributed by atoms with Crippen LogP contribution in [-0.4, -0.2) is 30.3 Å². The molecule has 104 valence electrons. The van der Waals surface area contributed by atoms with Gasteiger partial charge in [-0.15, -0.1) is 0 Å². The first-order valence-corrected chi connectivity index (χ1v) is 7.40. The van der Waals surface area contributed by atoms with Gasteiger partial charge in [-0.3, -0.25) is 9.69 Å². The average Bonchev–Trinajstić information content (AvgIpc) is 2.66. The molecule has 0 bridgehead atoms. The molecular formula is C17H25NO. The van der Waals surface area contributed by atoms with E-state index in [0.29, 0.717) is 12.2 Å². The van der Waals surface area contributed by atoms with Gasteiger partial charge in [0.1, 0.15) is 0 Å². The Kier molecular flexibility index (Phi) is 4.76. The van der Waals surface area contributed by atoms with Crippen LogP contribution >= 0.6 is 0 Å². The second-order valence-electron chi connectivity index (χ2n) is 5.93. The molecule has 0 amide bonds. The third-order valence-corrected chi connectivity index (χ3v) is 4.51. The van der Waals surface area contributed by atoms with Crippen LogP contribution in [0.25, 0.3) is 0 Å². The summed E-state index contributed by atoms with van der Waals surface area (Å²) in [6.45, 7) is 0. The fourth-order valence-corrected chi connectivity index (χ4v) is 3.23. The number of ketones is 1. The van der Waals surface area contributed by atoms with Crippen molar-refractivity contribution in [1.82, 2.24) is 4.90 Å². The molecule has 2 nitrogen and oxygen atoms in total. The highest BCUT2D eigenvalue weighted by atomic mass is 16.1. The maximum atomic E-state index is 12.8. The van der Waals surface area contributed by atoms with Crippen molar-refractivity contribution in [3.05, 3.63) is 35.9 Å². The Morgan fingerprint density at radius 3 is 2.16 bits per heavy atom. The third-order valence-electron chi connectivity index (χ3n) is 4.51. The lowest BCUT2D eigenvalue weighted by Crippen LogP contribution is -2.51. The van der Waals surface area contributed by atoms with Gasteiger partial charge in [-0.25, -0.2) is 0 Å². The Bertz CT molecular complexity index is 403. The van der Waals surface area contributed by atoms with Crippen molar-refractivity contribution in [2.45, 2.75) is 50.5 Å². The van der Waals surface area contributed by atoms with Crippen LogP contribution in [0.3, 0.4) is 0 Å². The maximum absolute atomic E-state index is 12.8. The minimum Gasteiger partial charge on any atom is -0.297 e. The van der Waals surface area contributed by atoms with Gasteiger partial charge in [0.15, 0.2) is 5.78 Å². The third kappa shape index (κ3) is 3.24. The molecule has 0 spiro atoms. The summed E-state index contributed by atoms with van der Waals surface area (Å²) in [4.78, 5) is 15.0. The van der Waals surface area contributed by atoms with E-state index in [4.69, 9.17) is 0 Å². The Morgan fingerprint density at radius 2 is 1.63 bits per heavy atom. The zero-order valence-corrected chi connectivity index (χ0v) is 12.2. The molecule has 19 heavy (non-hydrogen) atoms. The Morgan fingerprint density at radius 1 is 1.05 bits per heavy atom. The molecule has 0 radical (unpaired) electrons. The summed E-state index contributed by atoms with van der Waals surface area (Å²) in [6, 6.07) is 10.1. The molecular weight excluding hydrogens is 234 g/mol. The van der Waals surface area contributed by atoms with Gasteiger partial charge in [-0.1, -0.05) is 56.0 Å². The van der Waals surface area contributed by atoms with Gasteiger partial charge in [0.05, 0.1) is 5.54 Å². The van der Waals surface area contributed by atoms with Gasteiger partial charge in [0.25, 0.3) is 0 Å². The number of rotatable bonds is 4. The summed E-state index contributed by atoms with van der Waals surface area (Å²) in [6.07, 6.45) is 7.51. The summed E-state index contributed by atoms with van der Waals surface area (Å²) in [5.74, 6) is 0.394. The molecule has 1 aliphatic rings. The lowest BCUT2D eigenvalue weighted by molar-refractivity contribution is -0.130. The molecule has 0 heterocycles. The fraction of sp³-hybridized carbons (Fsp3) is 0.588. The first-order chi connectivity index (χ1) is 9.15. The maximum Gasteiger partial charge on any atom is 0.157 e. The predicted octanol–water partition coefficient (Wildman–Crippen LogP) is 3.45. The lowest BCUT2D eigenvalue weighted by atomic mass is 9.82. The van der Waals surface area contributed by atoms with Gasteiger partial charge < -0.3 is 0 Å². The quantitative estimate of drug-likeness (QED) is 0.772. The zero-order chi connectivity index (χ0) is 13.7. The lowest BCUT2D eigenvalue weighted by Gasteiger charge is -2.38. The molecule has 1 saturated carbocycles. The largest absolute Gasteiger partial charge is 0.297 e. The number of Topliss-reactive ketones (excluding diaryl/α,β-unsaturated/α-hetero) is 1. The van der Waals surface area contributed by atoms with Crippen LogP contribution < -0.4 is 0 Å². The van der Waals surface area contributed by atoms with Crippen molar-refractivity contribution in [2.75, 3.05) is 14.1 Å². The van der Waals surface area contributed by atoms with E-state index in [0.717, 1.165) is 18.4 Å². The topological polar surface area (TPSA) is 20.3 Å². The van der Waals surface area contributed by atoms with Crippen LogP contribution in [0.2, 0.25) is 0 Å². The van der Waals surface area contributed by atoms with Crippen LogP contribution in [0.5, 0.6) is 0 Å². The SMILES string of the molecule is CN(C)C1(C(=O)Cc2ccccc2)CCCCCC1. The first kappa shape index (κ1) is 14.3. The van der Waals surface area contributed by atoms with Crippen LogP contribution in [0.15, 0.2) is 30.3 Å². The average molecular weight is 259 g/mol. The molecule has 0 atom stereocenters. The van der Waals surface area contributed by atoms with Crippen LogP contribution in [0.1, 0.15) is 44.1 Å². The van der Waals surface area contributed by atoms with Crippen LogP contribution in [0, 0.1) is 0 Å². The van der Waals surface area contributed by atoms with Gasteiger partial charge >= 0.3 is 0 Å². The highest BCUT2D eigenvalue weighted by Gasteiger charge is 2.39. The van der Waals surface area contributed by atoms with Gasteiger partial charge in [0, 0.05) is 6.42 Å². The molecule has 2 heteroatoms. The van der Waals surface area contributed by atoms with Crippen molar-refractivity contribution in [3.8, 4) is 0 Å². The molecule has 0 N–H and O–H groups in total. The van der Waals surface area contributed by atoms with Crippen LogP contribution in [0.4, 0.5) is 0 Å². The van der Waals surface area contributed by atoms with Crippen molar-refractivity contribution < 1.29 is 4.79 Å². The highest BCUT2D eigenvalue weighted by Crippen LogP contribution is 2.32. The summed E-state index contributed by atoms with van der Waals surface area (Å²) in [5.41, 5.74) is 0.907. The standard InChI is InChI=1S/C17H25NO/c1-18(2)17(12-8-3-4-9-13-17)16(19)14-15-10-6-5-7-11-15/h5-7,10-11H,3-4,8-9,12-14H2,1-2H3. The highest BCUT2D eigenvalue weighted by molar-refractivity contribution is 5.90.